The summed E-state index contributed by atoms with van der Waals surface area (Å²) in [5.74, 6) is -0.228. The lowest BCUT2D eigenvalue weighted by atomic mass is 9.81. The van der Waals surface area contributed by atoms with Gasteiger partial charge in [0.1, 0.15) is 0 Å². The molecular weight excluding hydrogens is 366 g/mol. The molecule has 0 saturated heterocycles. The van der Waals surface area contributed by atoms with Crippen LogP contribution in [0.5, 0.6) is 0 Å². The molecule has 0 fully saturated rings. The maximum absolute atomic E-state index is 13.0. The van der Waals surface area contributed by atoms with Crippen molar-refractivity contribution in [2.45, 2.75) is 52.4 Å². The third-order valence-electron chi connectivity index (χ3n) is 5.36. The van der Waals surface area contributed by atoms with Gasteiger partial charge in [-0.15, -0.1) is 13.2 Å². The summed E-state index contributed by atoms with van der Waals surface area (Å²) in [6.07, 6.45) is 8.27. The predicted octanol–water partition coefficient (Wildman–Crippen LogP) is 2.83. The van der Waals surface area contributed by atoms with Crippen molar-refractivity contribution in [2.75, 3.05) is 31.2 Å². The van der Waals surface area contributed by atoms with Crippen LogP contribution in [-0.2, 0) is 0 Å². The summed E-state index contributed by atoms with van der Waals surface area (Å²) in [5, 5.41) is 21.4. The molecular formula is C24H31NO4-2. The van der Waals surface area contributed by atoms with Gasteiger partial charge in [0.2, 0.25) is 0 Å². The fraction of sp³-hybridized carbons (Fsp3) is 0.500. The van der Waals surface area contributed by atoms with Crippen molar-refractivity contribution in [1.29, 1.82) is 0 Å². The van der Waals surface area contributed by atoms with Crippen molar-refractivity contribution in [1.82, 2.24) is 0 Å². The normalized spacial score (nSPS) is 16.6. The number of hydrogen-bond donors (Lipinski definition) is 0. The van der Waals surface area contributed by atoms with Crippen molar-refractivity contribution >= 4 is 17.3 Å². The third-order valence-corrected chi connectivity index (χ3v) is 5.36. The van der Waals surface area contributed by atoms with Gasteiger partial charge in [0, 0.05) is 41.1 Å². The fourth-order valence-electron chi connectivity index (χ4n) is 3.76. The molecule has 5 heteroatoms. The summed E-state index contributed by atoms with van der Waals surface area (Å²) < 4.78 is 0. The Balaban J connectivity index is 2.29. The number of rotatable bonds is 11. The molecule has 1 aliphatic carbocycles. The number of allylic oxidation sites excluding steroid dienone is 4. The molecule has 1 aliphatic rings. The largest absolute Gasteiger partial charge is 0.854 e. The van der Waals surface area contributed by atoms with Gasteiger partial charge in [-0.1, -0.05) is 37.8 Å². The number of carbonyl (C=O) groups excluding carboxylic acids is 2. The van der Waals surface area contributed by atoms with Crippen molar-refractivity contribution in [3.8, 4) is 0 Å². The van der Waals surface area contributed by atoms with Gasteiger partial charge >= 0.3 is 0 Å². The number of nitrogens with zero attached hydrogens (tertiary/aromatic N) is 1. The Kier molecular flexibility index (Phi) is 9.29. The summed E-state index contributed by atoms with van der Waals surface area (Å²) >= 11 is 0. The van der Waals surface area contributed by atoms with E-state index in [1.807, 2.05) is 12.1 Å². The van der Waals surface area contributed by atoms with E-state index in [0.717, 1.165) is 44.5 Å². The van der Waals surface area contributed by atoms with Crippen LogP contribution in [0.25, 0.3) is 0 Å². The average Bonchev–Trinajstić information content (AvgIpc) is 2.74. The smallest absolute Gasteiger partial charge is 0.194 e. The van der Waals surface area contributed by atoms with Crippen LogP contribution in [0.3, 0.4) is 0 Å². The number of hydrogen-bond acceptors (Lipinski definition) is 5. The molecule has 0 heterocycles. The van der Waals surface area contributed by atoms with Crippen LogP contribution in [0, 0.1) is 0 Å². The molecule has 0 N–H and O–H groups in total. The minimum atomic E-state index is -0.116. The summed E-state index contributed by atoms with van der Waals surface area (Å²) in [5.41, 5.74) is 2.74. The molecule has 0 unspecified atom stereocenters. The number of fused-ring (bicyclic) bond motifs is 1. The number of benzene rings is 1. The van der Waals surface area contributed by atoms with E-state index >= 15 is 0 Å². The van der Waals surface area contributed by atoms with Gasteiger partial charge in [0.05, 0.1) is 0 Å². The third kappa shape index (κ3) is 5.64. The number of Topliss-reactive ketones (excluding diaryl/α,β-unsaturated/α-hetero) is 2. The molecule has 1 aromatic carbocycles. The first kappa shape index (κ1) is 23.0. The van der Waals surface area contributed by atoms with E-state index in [2.05, 4.69) is 4.90 Å². The molecule has 0 aromatic heterocycles. The van der Waals surface area contributed by atoms with E-state index in [1.165, 1.54) is 0 Å². The quantitative estimate of drug-likeness (QED) is 0.423. The molecule has 0 aliphatic heterocycles. The highest BCUT2D eigenvalue weighted by Crippen LogP contribution is 2.32. The molecule has 0 amide bonds. The lowest BCUT2D eigenvalue weighted by Crippen LogP contribution is -2.28. The van der Waals surface area contributed by atoms with Gasteiger partial charge in [0.15, 0.2) is 11.6 Å². The van der Waals surface area contributed by atoms with Crippen LogP contribution in [0.4, 0.5) is 5.69 Å². The van der Waals surface area contributed by atoms with Crippen molar-refractivity contribution in [3.05, 3.63) is 52.6 Å². The lowest BCUT2D eigenvalue weighted by Gasteiger charge is -2.27. The van der Waals surface area contributed by atoms with Gasteiger partial charge in [-0.2, -0.15) is 0 Å². The number of unbranched alkanes of at least 4 members (excludes halogenated alkanes) is 4. The first-order valence-corrected chi connectivity index (χ1v) is 10.6. The highest BCUT2D eigenvalue weighted by molar-refractivity contribution is 6.31. The predicted molar refractivity (Wildman–Crippen MR) is 112 cm³/mol. The lowest BCUT2D eigenvalue weighted by molar-refractivity contribution is -0.368. The second-order valence-electron chi connectivity index (χ2n) is 7.31. The molecule has 29 heavy (non-hydrogen) atoms. The topological polar surface area (TPSA) is 83.5 Å². The van der Waals surface area contributed by atoms with Crippen LogP contribution in [-0.4, -0.2) is 37.9 Å². The highest BCUT2D eigenvalue weighted by atomic mass is 16.3. The zero-order valence-electron chi connectivity index (χ0n) is 17.5. The molecule has 0 saturated carbocycles. The summed E-state index contributed by atoms with van der Waals surface area (Å²) in [6.45, 7) is 5.01. The molecule has 1 aromatic rings. The SMILES string of the molecule is C/C=C1/C(=O)c2ccc(N(CCCCC[O-])CCCCC[O-])cc2C(=O)/C1=C/C. The van der Waals surface area contributed by atoms with Crippen LogP contribution in [0.15, 0.2) is 41.5 Å². The fourth-order valence-corrected chi connectivity index (χ4v) is 3.76. The number of anilines is 1. The monoisotopic (exact) mass is 397 g/mol. The van der Waals surface area contributed by atoms with Gasteiger partial charge in [-0.05, 0) is 44.9 Å². The number of carbonyl (C=O) groups is 2. The van der Waals surface area contributed by atoms with Crippen LogP contribution < -0.4 is 15.1 Å². The van der Waals surface area contributed by atoms with Crippen LogP contribution in [0.1, 0.15) is 73.1 Å². The first-order valence-electron chi connectivity index (χ1n) is 10.6. The van der Waals surface area contributed by atoms with Crippen molar-refractivity contribution in [2.24, 2.45) is 0 Å². The van der Waals surface area contributed by atoms with Gasteiger partial charge < -0.3 is 15.1 Å². The second-order valence-corrected chi connectivity index (χ2v) is 7.31. The van der Waals surface area contributed by atoms with E-state index in [4.69, 9.17) is 0 Å². The van der Waals surface area contributed by atoms with E-state index in [-0.39, 0.29) is 24.8 Å². The Morgan fingerprint density at radius 1 is 0.759 bits per heavy atom. The Labute approximate surface area is 173 Å². The zero-order valence-corrected chi connectivity index (χ0v) is 17.5. The number of ketones is 2. The van der Waals surface area contributed by atoms with Crippen molar-refractivity contribution < 1.29 is 19.8 Å². The second kappa shape index (κ2) is 11.7. The van der Waals surface area contributed by atoms with Crippen LogP contribution in [0.2, 0.25) is 0 Å². The molecule has 0 atom stereocenters. The molecule has 5 nitrogen and oxygen atoms in total. The maximum Gasteiger partial charge on any atom is 0.194 e. The Morgan fingerprint density at radius 3 is 1.76 bits per heavy atom. The van der Waals surface area contributed by atoms with E-state index in [1.54, 1.807) is 32.1 Å². The first-order chi connectivity index (χ1) is 14.1. The summed E-state index contributed by atoms with van der Waals surface area (Å²) in [4.78, 5) is 28.0. The molecule has 2 rings (SSSR count). The minimum absolute atomic E-state index is 0.0572. The van der Waals surface area contributed by atoms with E-state index in [9.17, 15) is 19.8 Å². The maximum atomic E-state index is 13.0. The highest BCUT2D eigenvalue weighted by Gasteiger charge is 2.31. The van der Waals surface area contributed by atoms with Crippen LogP contribution >= 0.6 is 0 Å². The van der Waals surface area contributed by atoms with Crippen molar-refractivity contribution in [3.63, 3.8) is 0 Å². The average molecular weight is 398 g/mol. The summed E-state index contributed by atoms with van der Waals surface area (Å²) in [7, 11) is 0. The molecule has 0 spiro atoms. The van der Waals surface area contributed by atoms with Gasteiger partial charge in [-0.3, -0.25) is 9.59 Å². The zero-order chi connectivity index (χ0) is 21.2. The molecule has 158 valence electrons. The standard InChI is InChI=1S/C24H31NO4/c1-3-19-20(4-2)24(29)22-17-18(11-12-21(22)23(19)28)25(13-7-5-9-15-26)14-8-6-10-16-27/h3-4,11-12,17H,5-10,13-16H2,1-2H3/q-2/b19-3+,20-4+. The minimum Gasteiger partial charge on any atom is -0.854 e. The van der Waals surface area contributed by atoms with Gasteiger partial charge in [0.25, 0.3) is 0 Å². The Hall–Kier alpha value is -2.24. The Bertz CT molecular complexity index is 767. The Morgan fingerprint density at radius 2 is 1.28 bits per heavy atom. The van der Waals surface area contributed by atoms with E-state index in [0.29, 0.717) is 35.1 Å². The van der Waals surface area contributed by atoms with Gasteiger partial charge in [-0.25, -0.2) is 0 Å². The van der Waals surface area contributed by atoms with E-state index < -0.39 is 0 Å². The molecule has 0 radical (unpaired) electrons. The molecule has 0 bridgehead atoms. The summed E-state index contributed by atoms with van der Waals surface area (Å²) in [6, 6.07) is 5.48.